The van der Waals surface area contributed by atoms with Gasteiger partial charge in [-0.3, -0.25) is 9.48 Å². The highest BCUT2D eigenvalue weighted by Gasteiger charge is 2.03. The van der Waals surface area contributed by atoms with Gasteiger partial charge in [-0.05, 0) is 17.7 Å². The zero-order valence-corrected chi connectivity index (χ0v) is 10.6. The molecule has 2 rings (SSSR count). The van der Waals surface area contributed by atoms with E-state index in [9.17, 15) is 4.79 Å². The van der Waals surface area contributed by atoms with Gasteiger partial charge in [-0.2, -0.15) is 5.10 Å². The van der Waals surface area contributed by atoms with Crippen molar-refractivity contribution in [3.8, 4) is 0 Å². The Balaban J connectivity index is 1.77. The monoisotopic (exact) mass is 263 g/mol. The average Bonchev–Trinajstić information content (AvgIpc) is 2.88. The van der Waals surface area contributed by atoms with Crippen LogP contribution in [0, 0.1) is 0 Å². The van der Waals surface area contributed by atoms with Crippen molar-refractivity contribution in [3.63, 3.8) is 0 Å². The molecule has 0 saturated carbocycles. The smallest absolute Gasteiger partial charge is 0.222 e. The molecule has 1 amide bonds. The van der Waals surface area contributed by atoms with Gasteiger partial charge < -0.3 is 5.32 Å². The van der Waals surface area contributed by atoms with Gasteiger partial charge in [0.2, 0.25) is 5.91 Å². The number of nitrogens with zero attached hydrogens (tertiary/aromatic N) is 2. The minimum Gasteiger partial charge on any atom is -0.352 e. The Labute approximate surface area is 111 Å². The third-order valence-electron chi connectivity index (χ3n) is 2.56. The van der Waals surface area contributed by atoms with E-state index in [1.165, 1.54) is 0 Å². The number of aromatic nitrogens is 2. The molecule has 0 radical (unpaired) electrons. The highest BCUT2D eigenvalue weighted by Crippen LogP contribution is 2.14. The highest BCUT2D eigenvalue weighted by molar-refractivity contribution is 6.31. The van der Waals surface area contributed by atoms with E-state index >= 15 is 0 Å². The summed E-state index contributed by atoms with van der Waals surface area (Å²) in [5.74, 6) is -0.00887. The SMILES string of the molecule is O=C(CCn1cccn1)NCc1ccccc1Cl. The molecule has 0 unspecified atom stereocenters. The molecule has 0 aliphatic heterocycles. The Morgan fingerprint density at radius 3 is 2.89 bits per heavy atom. The molecule has 18 heavy (non-hydrogen) atoms. The van der Waals surface area contributed by atoms with Crippen LogP contribution in [0.5, 0.6) is 0 Å². The van der Waals surface area contributed by atoms with Gasteiger partial charge >= 0.3 is 0 Å². The summed E-state index contributed by atoms with van der Waals surface area (Å²) >= 11 is 6.00. The average molecular weight is 264 g/mol. The number of hydrogen-bond acceptors (Lipinski definition) is 2. The van der Waals surface area contributed by atoms with Gasteiger partial charge in [-0.1, -0.05) is 29.8 Å². The van der Waals surface area contributed by atoms with E-state index in [4.69, 9.17) is 11.6 Å². The summed E-state index contributed by atoms with van der Waals surface area (Å²) in [5.41, 5.74) is 0.923. The molecule has 1 aromatic heterocycles. The highest BCUT2D eigenvalue weighted by atomic mass is 35.5. The van der Waals surface area contributed by atoms with E-state index in [-0.39, 0.29) is 5.91 Å². The molecule has 0 saturated heterocycles. The molecule has 0 aliphatic rings. The molecule has 94 valence electrons. The molecular weight excluding hydrogens is 250 g/mol. The third kappa shape index (κ3) is 3.60. The maximum Gasteiger partial charge on any atom is 0.222 e. The summed E-state index contributed by atoms with van der Waals surface area (Å²) in [6, 6.07) is 9.31. The fourth-order valence-corrected chi connectivity index (χ4v) is 1.78. The predicted molar refractivity (Wildman–Crippen MR) is 70.1 cm³/mol. The maximum absolute atomic E-state index is 11.6. The fourth-order valence-electron chi connectivity index (χ4n) is 1.57. The van der Waals surface area contributed by atoms with Crippen molar-refractivity contribution in [2.24, 2.45) is 0 Å². The summed E-state index contributed by atoms with van der Waals surface area (Å²) in [4.78, 5) is 11.6. The summed E-state index contributed by atoms with van der Waals surface area (Å²) < 4.78 is 1.73. The van der Waals surface area contributed by atoms with Gasteiger partial charge in [-0.25, -0.2) is 0 Å². The Bertz CT molecular complexity index is 511. The number of benzene rings is 1. The van der Waals surface area contributed by atoms with Crippen LogP contribution < -0.4 is 5.32 Å². The lowest BCUT2D eigenvalue weighted by Crippen LogP contribution is -2.24. The number of halogens is 1. The Morgan fingerprint density at radius 1 is 1.33 bits per heavy atom. The second-order valence-corrected chi connectivity index (χ2v) is 4.29. The molecule has 0 spiro atoms. The van der Waals surface area contributed by atoms with E-state index in [1.807, 2.05) is 36.5 Å². The molecule has 1 N–H and O–H groups in total. The van der Waals surface area contributed by atoms with Crippen LogP contribution in [0.15, 0.2) is 42.7 Å². The lowest BCUT2D eigenvalue weighted by molar-refractivity contribution is -0.121. The molecule has 4 nitrogen and oxygen atoms in total. The molecule has 0 aliphatic carbocycles. The molecular formula is C13H14ClN3O. The maximum atomic E-state index is 11.6. The zero-order valence-electron chi connectivity index (χ0n) is 9.84. The van der Waals surface area contributed by atoms with Crippen molar-refractivity contribution in [3.05, 3.63) is 53.3 Å². The molecule has 5 heteroatoms. The summed E-state index contributed by atoms with van der Waals surface area (Å²) in [7, 11) is 0. The Hall–Kier alpha value is -1.81. The molecule has 0 atom stereocenters. The van der Waals surface area contributed by atoms with Gasteiger partial charge in [0.1, 0.15) is 0 Å². The van der Waals surface area contributed by atoms with E-state index in [0.29, 0.717) is 24.5 Å². The molecule has 0 bridgehead atoms. The van der Waals surface area contributed by atoms with Crippen molar-refractivity contribution in [1.29, 1.82) is 0 Å². The number of amides is 1. The van der Waals surface area contributed by atoms with E-state index in [0.717, 1.165) is 5.56 Å². The minimum absolute atomic E-state index is 0.00887. The number of rotatable bonds is 5. The first kappa shape index (κ1) is 12.6. The number of carbonyl (C=O) groups excluding carboxylic acids is 1. The van der Waals surface area contributed by atoms with Gasteiger partial charge in [0.15, 0.2) is 0 Å². The van der Waals surface area contributed by atoms with E-state index < -0.39 is 0 Å². The Morgan fingerprint density at radius 2 is 2.17 bits per heavy atom. The van der Waals surface area contributed by atoms with Crippen LogP contribution in [0.1, 0.15) is 12.0 Å². The second-order valence-electron chi connectivity index (χ2n) is 3.89. The summed E-state index contributed by atoms with van der Waals surface area (Å²) in [5, 5.41) is 7.55. The van der Waals surface area contributed by atoms with Crippen LogP contribution >= 0.6 is 11.6 Å². The van der Waals surface area contributed by atoms with Crippen LogP contribution in [0.2, 0.25) is 5.02 Å². The van der Waals surface area contributed by atoms with Crippen LogP contribution in [0.3, 0.4) is 0 Å². The van der Waals surface area contributed by atoms with E-state index in [2.05, 4.69) is 10.4 Å². The van der Waals surface area contributed by atoms with Gasteiger partial charge in [0, 0.05) is 36.9 Å². The minimum atomic E-state index is -0.00887. The zero-order chi connectivity index (χ0) is 12.8. The fraction of sp³-hybridized carbons (Fsp3) is 0.231. The second kappa shape index (κ2) is 6.21. The van der Waals surface area contributed by atoms with Crippen molar-refractivity contribution in [2.45, 2.75) is 19.5 Å². The van der Waals surface area contributed by atoms with Crippen LogP contribution in [-0.2, 0) is 17.9 Å². The molecule has 1 aromatic carbocycles. The largest absolute Gasteiger partial charge is 0.352 e. The first-order chi connectivity index (χ1) is 8.75. The van der Waals surface area contributed by atoms with Crippen LogP contribution in [-0.4, -0.2) is 15.7 Å². The normalized spacial score (nSPS) is 10.3. The third-order valence-corrected chi connectivity index (χ3v) is 2.93. The number of hydrogen-bond donors (Lipinski definition) is 1. The van der Waals surface area contributed by atoms with Crippen molar-refractivity contribution in [1.82, 2.24) is 15.1 Å². The Kier molecular flexibility index (Phi) is 4.36. The topological polar surface area (TPSA) is 46.9 Å². The summed E-state index contributed by atoms with van der Waals surface area (Å²) in [6.07, 6.45) is 3.94. The lowest BCUT2D eigenvalue weighted by atomic mass is 10.2. The van der Waals surface area contributed by atoms with Crippen LogP contribution in [0.25, 0.3) is 0 Å². The molecule has 1 heterocycles. The molecule has 0 fully saturated rings. The van der Waals surface area contributed by atoms with Crippen molar-refractivity contribution >= 4 is 17.5 Å². The number of nitrogens with one attached hydrogen (secondary N) is 1. The number of aryl methyl sites for hydroxylation is 1. The predicted octanol–water partition coefficient (Wildman–Crippen LogP) is 2.24. The van der Waals surface area contributed by atoms with Crippen molar-refractivity contribution in [2.75, 3.05) is 0 Å². The number of carbonyl (C=O) groups is 1. The standard InChI is InChI=1S/C13H14ClN3O/c14-12-5-2-1-4-11(12)10-15-13(18)6-9-17-8-3-7-16-17/h1-5,7-8H,6,9-10H2,(H,15,18). The van der Waals surface area contributed by atoms with Crippen molar-refractivity contribution < 1.29 is 4.79 Å². The quantitative estimate of drug-likeness (QED) is 0.899. The van der Waals surface area contributed by atoms with Gasteiger partial charge in [0.25, 0.3) is 0 Å². The lowest BCUT2D eigenvalue weighted by Gasteiger charge is -2.07. The van der Waals surface area contributed by atoms with Crippen LogP contribution in [0.4, 0.5) is 0 Å². The summed E-state index contributed by atoms with van der Waals surface area (Å²) in [6.45, 7) is 1.04. The first-order valence-electron chi connectivity index (χ1n) is 5.73. The van der Waals surface area contributed by atoms with Gasteiger partial charge in [-0.15, -0.1) is 0 Å². The van der Waals surface area contributed by atoms with E-state index in [1.54, 1.807) is 10.9 Å². The first-order valence-corrected chi connectivity index (χ1v) is 6.11. The molecule has 2 aromatic rings. The van der Waals surface area contributed by atoms with Gasteiger partial charge in [0.05, 0.1) is 0 Å².